The average molecular weight is 314 g/mol. The molecule has 0 amide bonds. The Labute approximate surface area is 99.2 Å². The molecule has 0 fully saturated rings. The summed E-state index contributed by atoms with van der Waals surface area (Å²) in [4.78, 5) is 7.30. The Morgan fingerprint density at radius 3 is 1.60 bits per heavy atom. The van der Waals surface area contributed by atoms with E-state index >= 15 is 0 Å². The van der Waals surface area contributed by atoms with Gasteiger partial charge >= 0.3 is 67.1 Å². The fraction of sp³-hybridized carbons (Fsp3) is 0.538. The second-order valence-electron chi connectivity index (χ2n) is 4.57. The second kappa shape index (κ2) is 8.17. The van der Waals surface area contributed by atoms with Crippen molar-refractivity contribution in [3.05, 3.63) is 30.3 Å². The standard InChI is InChI=1S/C6H5.C4H11N.3CH3.Sn/c1-2-4-6-5-3-1;1-3-5-4-2;;;;/h1-5H;5H,3-4H2,1-2H3;3*1H3;. The second-order valence-corrected chi connectivity index (χ2v) is 19.1. The minimum absolute atomic E-state index is 1.09. The Bertz CT molecular complexity index is 236. The topological polar surface area (TPSA) is 12.0 Å². The van der Waals surface area contributed by atoms with E-state index in [-0.39, 0.29) is 0 Å². The van der Waals surface area contributed by atoms with Crippen LogP contribution in [0.25, 0.3) is 0 Å². The van der Waals surface area contributed by atoms with Gasteiger partial charge in [-0.15, -0.1) is 0 Å². The normalized spacial score (nSPS) is 10.5. The van der Waals surface area contributed by atoms with Gasteiger partial charge in [-0.3, -0.25) is 0 Å². The molecule has 0 aliphatic heterocycles. The quantitative estimate of drug-likeness (QED) is 0.846. The number of rotatable bonds is 3. The zero-order chi connectivity index (χ0) is 11.7. The third kappa shape index (κ3) is 7.86. The molecule has 0 spiro atoms. The molecule has 0 heterocycles. The molecule has 1 rings (SSSR count). The van der Waals surface area contributed by atoms with Crippen LogP contribution in [0.15, 0.2) is 30.3 Å². The van der Waals surface area contributed by atoms with E-state index in [1.54, 1.807) is 3.58 Å². The summed E-state index contributed by atoms with van der Waals surface area (Å²) in [7, 11) is 0. The predicted octanol–water partition coefficient (Wildman–Crippen LogP) is 2.85. The van der Waals surface area contributed by atoms with Crippen molar-refractivity contribution in [2.75, 3.05) is 13.1 Å². The molecule has 0 radical (unpaired) electrons. The number of hydrogen-bond donors (Lipinski definition) is 1. The van der Waals surface area contributed by atoms with Crippen LogP contribution in [0.2, 0.25) is 14.8 Å². The van der Waals surface area contributed by atoms with Crippen molar-refractivity contribution in [3.8, 4) is 0 Å². The summed E-state index contributed by atoms with van der Waals surface area (Å²) in [6.07, 6.45) is 0. The summed E-state index contributed by atoms with van der Waals surface area (Å²) >= 11 is -1.71. The van der Waals surface area contributed by atoms with E-state index in [0.29, 0.717) is 0 Å². The van der Waals surface area contributed by atoms with Gasteiger partial charge in [-0.1, -0.05) is 13.8 Å². The van der Waals surface area contributed by atoms with Gasteiger partial charge < -0.3 is 5.32 Å². The Morgan fingerprint density at radius 2 is 1.40 bits per heavy atom. The van der Waals surface area contributed by atoms with E-state index in [1.165, 1.54) is 0 Å². The SMILES string of the molecule is CCNCC.[CH3][Sn]([CH3])([CH3])[c]1ccccc1. The van der Waals surface area contributed by atoms with Crippen LogP contribution in [0, 0.1) is 0 Å². The Kier molecular flexibility index (Phi) is 8.16. The first kappa shape index (κ1) is 15.0. The third-order valence-electron chi connectivity index (χ3n) is 2.14. The van der Waals surface area contributed by atoms with Crippen LogP contribution in [0.1, 0.15) is 13.8 Å². The Morgan fingerprint density at radius 1 is 0.933 bits per heavy atom. The minimum atomic E-state index is -1.71. The molecule has 0 aliphatic rings. The molecule has 1 N–H and O–H groups in total. The summed E-state index contributed by atoms with van der Waals surface area (Å²) in [5, 5.41) is 3.11. The van der Waals surface area contributed by atoms with Crippen molar-refractivity contribution in [2.45, 2.75) is 28.7 Å². The molecule has 15 heavy (non-hydrogen) atoms. The number of hydrogen-bond acceptors (Lipinski definition) is 1. The maximum atomic E-state index is 3.11. The number of benzene rings is 1. The predicted molar refractivity (Wildman–Crippen MR) is 73.6 cm³/mol. The molecular formula is C13H25NSn. The van der Waals surface area contributed by atoms with Crippen LogP contribution < -0.4 is 8.90 Å². The van der Waals surface area contributed by atoms with E-state index in [2.05, 4.69) is 64.3 Å². The van der Waals surface area contributed by atoms with Gasteiger partial charge in [0.1, 0.15) is 0 Å². The van der Waals surface area contributed by atoms with Gasteiger partial charge in [-0.25, -0.2) is 0 Å². The van der Waals surface area contributed by atoms with Gasteiger partial charge in [0.2, 0.25) is 0 Å². The van der Waals surface area contributed by atoms with Crippen LogP contribution in [0.4, 0.5) is 0 Å². The molecule has 0 bridgehead atoms. The molecule has 1 aromatic carbocycles. The summed E-state index contributed by atoms with van der Waals surface area (Å²) in [5.41, 5.74) is 0. The van der Waals surface area contributed by atoms with Crippen LogP contribution in [-0.2, 0) is 0 Å². The van der Waals surface area contributed by atoms with Gasteiger partial charge in [0.05, 0.1) is 0 Å². The van der Waals surface area contributed by atoms with E-state index in [9.17, 15) is 0 Å². The molecule has 1 nitrogen and oxygen atoms in total. The molecule has 0 unspecified atom stereocenters. The van der Waals surface area contributed by atoms with Crippen LogP contribution >= 0.6 is 0 Å². The molecule has 0 aromatic heterocycles. The summed E-state index contributed by atoms with van der Waals surface area (Å²) in [5.74, 6) is 0. The number of nitrogens with one attached hydrogen (secondary N) is 1. The first-order valence-electron chi connectivity index (χ1n) is 5.78. The monoisotopic (exact) mass is 315 g/mol. The van der Waals surface area contributed by atoms with Gasteiger partial charge in [0.25, 0.3) is 0 Å². The van der Waals surface area contributed by atoms with Crippen molar-refractivity contribution >= 4 is 22.0 Å². The van der Waals surface area contributed by atoms with E-state index in [1.807, 2.05) is 0 Å². The van der Waals surface area contributed by atoms with Crippen molar-refractivity contribution in [2.24, 2.45) is 0 Å². The molecule has 2 heteroatoms. The molecule has 0 atom stereocenters. The van der Waals surface area contributed by atoms with E-state index < -0.39 is 18.4 Å². The molecule has 0 saturated carbocycles. The van der Waals surface area contributed by atoms with Crippen molar-refractivity contribution in [1.29, 1.82) is 0 Å². The molecule has 0 aliphatic carbocycles. The fourth-order valence-electron chi connectivity index (χ4n) is 1.19. The third-order valence-corrected chi connectivity index (χ3v) is 8.03. The van der Waals surface area contributed by atoms with Crippen LogP contribution in [0.5, 0.6) is 0 Å². The van der Waals surface area contributed by atoms with Crippen molar-refractivity contribution in [3.63, 3.8) is 0 Å². The zero-order valence-electron chi connectivity index (χ0n) is 10.8. The molecular weight excluding hydrogens is 289 g/mol. The molecule has 86 valence electrons. The fourth-order valence-corrected chi connectivity index (χ4v) is 4.59. The van der Waals surface area contributed by atoms with Crippen LogP contribution in [-0.4, -0.2) is 31.5 Å². The van der Waals surface area contributed by atoms with Crippen LogP contribution in [0.3, 0.4) is 0 Å². The summed E-state index contributed by atoms with van der Waals surface area (Å²) in [6.45, 7) is 6.39. The molecule has 0 saturated heterocycles. The van der Waals surface area contributed by atoms with Gasteiger partial charge in [0, 0.05) is 0 Å². The van der Waals surface area contributed by atoms with Gasteiger partial charge in [-0.05, 0) is 13.1 Å². The summed E-state index contributed by atoms with van der Waals surface area (Å²) < 4.78 is 1.61. The summed E-state index contributed by atoms with van der Waals surface area (Å²) in [6, 6.07) is 10.9. The first-order chi connectivity index (χ1) is 7.02. The van der Waals surface area contributed by atoms with Gasteiger partial charge in [0.15, 0.2) is 0 Å². The van der Waals surface area contributed by atoms with E-state index in [0.717, 1.165) is 13.1 Å². The van der Waals surface area contributed by atoms with Crippen molar-refractivity contribution in [1.82, 2.24) is 5.32 Å². The molecule has 1 aromatic rings. The first-order valence-corrected chi connectivity index (χ1v) is 15.8. The zero-order valence-corrected chi connectivity index (χ0v) is 13.7. The van der Waals surface area contributed by atoms with Gasteiger partial charge in [-0.2, -0.15) is 0 Å². The maximum absolute atomic E-state index is 3.11. The Balaban J connectivity index is 0.000000336. The van der Waals surface area contributed by atoms with E-state index in [4.69, 9.17) is 0 Å². The Hall–Kier alpha value is -0.0213. The van der Waals surface area contributed by atoms with Crippen molar-refractivity contribution < 1.29 is 0 Å². The average Bonchev–Trinajstić information content (AvgIpc) is 2.20.